The summed E-state index contributed by atoms with van der Waals surface area (Å²) in [6, 6.07) is 8.81. The van der Waals surface area contributed by atoms with Crippen LogP contribution in [-0.4, -0.2) is 15.5 Å². The second-order valence-corrected chi connectivity index (χ2v) is 7.14. The van der Waals surface area contributed by atoms with E-state index in [1.54, 1.807) is 0 Å². The lowest BCUT2D eigenvalue weighted by Crippen LogP contribution is -2.31. The molecule has 0 saturated carbocycles. The summed E-state index contributed by atoms with van der Waals surface area (Å²) in [7, 11) is 0. The van der Waals surface area contributed by atoms with Crippen LogP contribution in [0.1, 0.15) is 35.4 Å². The molecule has 2 aromatic heterocycles. The fourth-order valence-electron chi connectivity index (χ4n) is 2.77. The van der Waals surface area contributed by atoms with Crippen molar-refractivity contribution in [3.8, 4) is 0 Å². The van der Waals surface area contributed by atoms with Gasteiger partial charge in [0.05, 0.1) is 11.7 Å². The predicted octanol–water partition coefficient (Wildman–Crippen LogP) is 3.77. The number of hydrogen-bond donors (Lipinski definition) is 0. The van der Waals surface area contributed by atoms with E-state index in [9.17, 15) is 9.59 Å². The maximum absolute atomic E-state index is 12.9. The summed E-state index contributed by atoms with van der Waals surface area (Å²) < 4.78 is 6.81. The van der Waals surface area contributed by atoms with Crippen LogP contribution in [-0.2, 0) is 16.1 Å². The molecule has 0 fully saturated rings. The maximum Gasteiger partial charge on any atom is 0.329 e. The van der Waals surface area contributed by atoms with Crippen molar-refractivity contribution in [1.82, 2.24) is 9.55 Å². The first-order valence-electron chi connectivity index (χ1n) is 8.20. The first-order chi connectivity index (χ1) is 12.0. The van der Waals surface area contributed by atoms with Gasteiger partial charge in [0.2, 0.25) is 0 Å². The lowest BCUT2D eigenvalue weighted by Gasteiger charge is -2.17. The normalized spacial score (nSPS) is 12.3. The van der Waals surface area contributed by atoms with E-state index in [0.717, 1.165) is 16.0 Å². The first kappa shape index (κ1) is 17.4. The molecular weight excluding hydrogens is 336 g/mol. The third kappa shape index (κ3) is 3.35. The zero-order chi connectivity index (χ0) is 18.0. The molecule has 0 aliphatic carbocycles. The van der Waals surface area contributed by atoms with Crippen molar-refractivity contribution in [2.75, 3.05) is 0 Å². The van der Waals surface area contributed by atoms with Crippen LogP contribution in [0.4, 0.5) is 0 Å². The molecule has 0 amide bonds. The van der Waals surface area contributed by atoms with Gasteiger partial charge in [0.25, 0.3) is 5.56 Å². The van der Waals surface area contributed by atoms with Crippen molar-refractivity contribution in [1.29, 1.82) is 0 Å². The zero-order valence-electron chi connectivity index (χ0n) is 14.5. The summed E-state index contributed by atoms with van der Waals surface area (Å²) in [5, 5.41) is 0.597. The molecule has 3 aromatic rings. The number of hydrogen-bond acceptors (Lipinski definition) is 5. The van der Waals surface area contributed by atoms with Crippen molar-refractivity contribution in [2.24, 2.45) is 0 Å². The molecule has 2 heterocycles. The fourth-order valence-corrected chi connectivity index (χ4v) is 3.76. The van der Waals surface area contributed by atoms with E-state index >= 15 is 0 Å². The van der Waals surface area contributed by atoms with Gasteiger partial charge in [-0.25, -0.2) is 9.78 Å². The van der Waals surface area contributed by atoms with Gasteiger partial charge < -0.3 is 4.74 Å². The smallest absolute Gasteiger partial charge is 0.329 e. The summed E-state index contributed by atoms with van der Waals surface area (Å²) in [5.74, 6) is -0.417. The summed E-state index contributed by atoms with van der Waals surface area (Å²) in [4.78, 5) is 31.5. The first-order valence-corrected chi connectivity index (χ1v) is 9.02. The number of aromatic nitrogens is 2. The Labute approximate surface area is 149 Å². The molecule has 3 rings (SSSR count). The number of ether oxygens (including phenoxy) is 1. The summed E-state index contributed by atoms with van der Waals surface area (Å²) in [5.41, 5.74) is 1.66. The highest BCUT2D eigenvalue weighted by atomic mass is 32.1. The standard InChI is InChI=1S/C19H20N2O3S/c1-4-15(19(23)24-10-14-8-6-5-7-9-14)21-11-20-17-16(18(21)22)12(2)13(3)25-17/h5-9,11,15H,4,10H2,1-3H3. The molecule has 1 atom stereocenters. The van der Waals surface area contributed by atoms with E-state index in [0.29, 0.717) is 16.6 Å². The molecule has 0 bridgehead atoms. The number of carbonyl (C=O) groups is 1. The van der Waals surface area contributed by atoms with Gasteiger partial charge in [0.1, 0.15) is 17.5 Å². The van der Waals surface area contributed by atoms with Crippen molar-refractivity contribution < 1.29 is 9.53 Å². The van der Waals surface area contributed by atoms with E-state index in [2.05, 4.69) is 4.98 Å². The monoisotopic (exact) mass is 356 g/mol. The van der Waals surface area contributed by atoms with Crippen molar-refractivity contribution in [2.45, 2.75) is 39.8 Å². The second-order valence-electron chi connectivity index (χ2n) is 5.94. The SMILES string of the molecule is CCC(C(=O)OCc1ccccc1)n1cnc2sc(C)c(C)c2c1=O. The number of benzene rings is 1. The Balaban J connectivity index is 1.89. The largest absolute Gasteiger partial charge is 0.459 e. The molecule has 0 spiro atoms. The van der Waals surface area contributed by atoms with Gasteiger partial charge in [0, 0.05) is 4.88 Å². The van der Waals surface area contributed by atoms with E-state index in [-0.39, 0.29) is 12.2 Å². The average Bonchev–Trinajstić information content (AvgIpc) is 2.91. The molecule has 0 aliphatic heterocycles. The van der Waals surface area contributed by atoms with Crippen LogP contribution in [0.2, 0.25) is 0 Å². The highest BCUT2D eigenvalue weighted by Gasteiger charge is 2.23. The molecule has 6 heteroatoms. The average molecular weight is 356 g/mol. The van der Waals surface area contributed by atoms with Gasteiger partial charge in [-0.3, -0.25) is 9.36 Å². The summed E-state index contributed by atoms with van der Waals surface area (Å²) >= 11 is 1.50. The Morgan fingerprint density at radius 1 is 1.28 bits per heavy atom. The molecule has 1 aromatic carbocycles. The zero-order valence-corrected chi connectivity index (χ0v) is 15.3. The van der Waals surface area contributed by atoms with Gasteiger partial charge in [-0.15, -0.1) is 11.3 Å². The third-order valence-electron chi connectivity index (χ3n) is 4.33. The van der Waals surface area contributed by atoms with Crippen molar-refractivity contribution >= 4 is 27.5 Å². The summed E-state index contributed by atoms with van der Waals surface area (Å²) in [6.07, 6.45) is 1.92. The predicted molar refractivity (Wildman–Crippen MR) is 98.9 cm³/mol. The van der Waals surface area contributed by atoms with Crippen LogP contribution >= 0.6 is 11.3 Å². The molecule has 25 heavy (non-hydrogen) atoms. The quantitative estimate of drug-likeness (QED) is 0.653. The van der Waals surface area contributed by atoms with Crippen molar-refractivity contribution in [3.05, 3.63) is 63.0 Å². The Morgan fingerprint density at radius 2 is 2.00 bits per heavy atom. The van der Waals surface area contributed by atoms with Crippen molar-refractivity contribution in [3.63, 3.8) is 0 Å². The Hall–Kier alpha value is -2.47. The highest BCUT2D eigenvalue weighted by Crippen LogP contribution is 2.26. The number of esters is 1. The molecule has 1 unspecified atom stereocenters. The van der Waals surface area contributed by atoms with Gasteiger partial charge in [-0.2, -0.15) is 0 Å². The van der Waals surface area contributed by atoms with Crippen LogP contribution in [0.25, 0.3) is 10.2 Å². The molecule has 0 aliphatic rings. The number of carbonyl (C=O) groups excluding carboxylic acids is 1. The molecule has 5 nitrogen and oxygen atoms in total. The Kier molecular flexibility index (Phi) is 4.99. The molecule has 130 valence electrons. The minimum absolute atomic E-state index is 0.185. The summed E-state index contributed by atoms with van der Waals surface area (Å²) in [6.45, 7) is 5.93. The number of nitrogens with zero attached hydrogens (tertiary/aromatic N) is 2. The second kappa shape index (κ2) is 7.19. The number of fused-ring (bicyclic) bond motifs is 1. The Morgan fingerprint density at radius 3 is 2.68 bits per heavy atom. The number of rotatable bonds is 5. The van der Waals surface area contributed by atoms with E-state index < -0.39 is 12.0 Å². The van der Waals surface area contributed by atoms with Gasteiger partial charge in [0.15, 0.2) is 0 Å². The van der Waals surface area contributed by atoms with Gasteiger partial charge in [-0.05, 0) is 31.4 Å². The van der Waals surface area contributed by atoms with E-state index in [4.69, 9.17) is 4.74 Å². The van der Waals surface area contributed by atoms with Gasteiger partial charge in [-0.1, -0.05) is 37.3 Å². The molecule has 0 saturated heterocycles. The molecular formula is C19H20N2O3S. The Bertz CT molecular complexity index is 960. The topological polar surface area (TPSA) is 61.2 Å². The van der Waals surface area contributed by atoms with E-state index in [1.165, 1.54) is 22.2 Å². The minimum atomic E-state index is -0.673. The molecule has 0 N–H and O–H groups in total. The molecule has 0 radical (unpaired) electrons. The van der Waals surface area contributed by atoms with E-state index in [1.807, 2.05) is 51.1 Å². The minimum Gasteiger partial charge on any atom is -0.459 e. The lowest BCUT2D eigenvalue weighted by atomic mass is 10.2. The van der Waals surface area contributed by atoms with Gasteiger partial charge >= 0.3 is 5.97 Å². The van der Waals surface area contributed by atoms with Crippen LogP contribution in [0.5, 0.6) is 0 Å². The third-order valence-corrected chi connectivity index (χ3v) is 5.45. The highest BCUT2D eigenvalue weighted by molar-refractivity contribution is 7.18. The van der Waals surface area contributed by atoms with Crippen LogP contribution in [0, 0.1) is 13.8 Å². The van der Waals surface area contributed by atoms with Crippen LogP contribution < -0.4 is 5.56 Å². The van der Waals surface area contributed by atoms with Crippen LogP contribution in [0.15, 0.2) is 41.5 Å². The number of thiophene rings is 1. The fraction of sp³-hybridized carbons (Fsp3) is 0.316. The number of aryl methyl sites for hydroxylation is 2. The lowest BCUT2D eigenvalue weighted by molar-refractivity contribution is -0.149. The van der Waals surface area contributed by atoms with Crippen LogP contribution in [0.3, 0.4) is 0 Å². The maximum atomic E-state index is 12.9.